The van der Waals surface area contributed by atoms with Crippen LogP contribution in [0.15, 0.2) is 48.5 Å². The second-order valence-electron chi connectivity index (χ2n) is 5.03. The first-order chi connectivity index (χ1) is 12.2. The van der Waals surface area contributed by atoms with Gasteiger partial charge in [-0.15, -0.1) is 0 Å². The van der Waals surface area contributed by atoms with E-state index in [9.17, 15) is 13.6 Å². The van der Waals surface area contributed by atoms with Gasteiger partial charge in [-0.3, -0.25) is 4.79 Å². The molecule has 0 fully saturated rings. The molecule has 0 spiro atoms. The van der Waals surface area contributed by atoms with Gasteiger partial charge in [0.1, 0.15) is 17.8 Å². The summed E-state index contributed by atoms with van der Waals surface area (Å²) in [6, 6.07) is 10.7. The van der Waals surface area contributed by atoms with Crippen LogP contribution in [0.1, 0.15) is 10.4 Å². The van der Waals surface area contributed by atoms with Crippen molar-refractivity contribution < 1.29 is 13.6 Å². The molecule has 0 unspecified atom stereocenters. The van der Waals surface area contributed by atoms with Crippen LogP contribution in [0.25, 0.3) is 0 Å². The lowest BCUT2D eigenvalue weighted by molar-refractivity contribution is 0.0930. The fraction of sp³-hybridized carbons (Fsp3) is 0.125. The maximum atomic E-state index is 13.7. The number of rotatable bonds is 4. The maximum Gasteiger partial charge on any atom is 0.255 e. The third-order valence-electron chi connectivity index (χ3n) is 3.10. The average Bonchev–Trinajstić information content (AvgIpc) is 2.56. The van der Waals surface area contributed by atoms with Crippen molar-refractivity contribution in [2.75, 3.05) is 5.32 Å². The fourth-order valence-corrected chi connectivity index (χ4v) is 2.45. The summed E-state index contributed by atoms with van der Waals surface area (Å²) in [4.78, 5) is 12.2. The molecule has 2 aromatic rings. The second-order valence-corrected chi connectivity index (χ2v) is 7.81. The van der Waals surface area contributed by atoms with Gasteiger partial charge in [0.25, 0.3) is 5.91 Å². The number of nitrogens with one attached hydrogen (secondary N) is 3. The monoisotopic (exact) mass is 437 g/mol. The summed E-state index contributed by atoms with van der Waals surface area (Å²) in [5.74, 6) is -1.93. The van der Waals surface area contributed by atoms with Crippen molar-refractivity contribution in [1.29, 1.82) is 0 Å². The Morgan fingerprint density at radius 3 is 2.19 bits per heavy atom. The minimum atomic E-state index is -1.99. The van der Waals surface area contributed by atoms with Crippen molar-refractivity contribution >= 4 is 63.7 Å². The molecule has 0 aliphatic carbocycles. The molecule has 1 atom stereocenters. The van der Waals surface area contributed by atoms with E-state index >= 15 is 0 Å². The van der Waals surface area contributed by atoms with Gasteiger partial charge in [0.05, 0.1) is 5.56 Å². The number of hydrogen-bond donors (Lipinski definition) is 3. The number of alkyl halides is 3. The molecule has 0 saturated heterocycles. The van der Waals surface area contributed by atoms with Crippen LogP contribution in [0.4, 0.5) is 14.5 Å². The molecule has 0 saturated carbocycles. The number of carbonyl (C=O) groups is 1. The Labute approximate surface area is 168 Å². The van der Waals surface area contributed by atoms with Gasteiger partial charge in [-0.1, -0.05) is 46.9 Å². The van der Waals surface area contributed by atoms with Crippen LogP contribution in [0.3, 0.4) is 0 Å². The van der Waals surface area contributed by atoms with Gasteiger partial charge in [0.2, 0.25) is 3.79 Å². The number of halogens is 5. The van der Waals surface area contributed by atoms with Gasteiger partial charge in [0, 0.05) is 5.69 Å². The molecule has 138 valence electrons. The van der Waals surface area contributed by atoms with Crippen LogP contribution in [0.2, 0.25) is 0 Å². The summed E-state index contributed by atoms with van der Waals surface area (Å²) < 4.78 is 24.7. The molecule has 3 N–H and O–H groups in total. The molecule has 4 nitrogen and oxygen atoms in total. The van der Waals surface area contributed by atoms with E-state index in [2.05, 4.69) is 16.0 Å². The minimum Gasteiger partial charge on any atom is -0.339 e. The molecule has 0 aromatic heterocycles. The first kappa shape index (κ1) is 20.6. The molecule has 0 radical (unpaired) electrons. The Hall–Kier alpha value is -1.67. The Morgan fingerprint density at radius 1 is 1.00 bits per heavy atom. The quantitative estimate of drug-likeness (QED) is 0.377. The van der Waals surface area contributed by atoms with E-state index in [1.54, 1.807) is 0 Å². The highest BCUT2D eigenvalue weighted by Crippen LogP contribution is 2.29. The Kier molecular flexibility index (Phi) is 7.00. The molecule has 26 heavy (non-hydrogen) atoms. The van der Waals surface area contributed by atoms with E-state index in [1.807, 2.05) is 0 Å². The maximum absolute atomic E-state index is 13.7. The van der Waals surface area contributed by atoms with E-state index in [1.165, 1.54) is 42.5 Å². The summed E-state index contributed by atoms with van der Waals surface area (Å²) in [6.07, 6.45) is -1.26. The third kappa shape index (κ3) is 5.95. The summed E-state index contributed by atoms with van der Waals surface area (Å²) in [7, 11) is 0. The molecular weight excluding hydrogens is 427 g/mol. The molecule has 0 aliphatic heterocycles. The van der Waals surface area contributed by atoms with E-state index < -0.39 is 27.5 Å². The van der Waals surface area contributed by atoms with Gasteiger partial charge in [0.15, 0.2) is 5.11 Å². The van der Waals surface area contributed by atoms with Gasteiger partial charge >= 0.3 is 0 Å². The van der Waals surface area contributed by atoms with Crippen molar-refractivity contribution in [3.63, 3.8) is 0 Å². The summed E-state index contributed by atoms with van der Waals surface area (Å²) in [5, 5.41) is 7.73. The first-order valence-corrected chi connectivity index (χ1v) is 8.66. The van der Waals surface area contributed by atoms with Crippen LogP contribution in [-0.2, 0) is 0 Å². The zero-order valence-electron chi connectivity index (χ0n) is 12.9. The van der Waals surface area contributed by atoms with Crippen molar-refractivity contribution in [2.24, 2.45) is 0 Å². The van der Waals surface area contributed by atoms with Crippen LogP contribution in [0.5, 0.6) is 0 Å². The molecule has 0 heterocycles. The number of thiocarbonyl (C=S) groups is 1. The molecule has 0 bridgehead atoms. The number of benzene rings is 2. The molecule has 2 aromatic carbocycles. The highest BCUT2D eigenvalue weighted by molar-refractivity contribution is 7.80. The minimum absolute atomic E-state index is 0.00164. The first-order valence-electron chi connectivity index (χ1n) is 7.12. The van der Waals surface area contributed by atoms with Crippen molar-refractivity contribution in [2.45, 2.75) is 9.96 Å². The number of carbonyl (C=O) groups excluding carboxylic acids is 1. The Bertz CT molecular complexity index is 800. The predicted octanol–water partition coefficient (Wildman–Crippen LogP) is 4.38. The van der Waals surface area contributed by atoms with Crippen molar-refractivity contribution in [1.82, 2.24) is 10.6 Å². The van der Waals surface area contributed by atoms with Crippen molar-refractivity contribution in [3.05, 3.63) is 65.7 Å². The lowest BCUT2D eigenvalue weighted by Crippen LogP contribution is -2.56. The molecule has 0 aliphatic rings. The van der Waals surface area contributed by atoms with E-state index in [-0.39, 0.29) is 10.7 Å². The number of anilines is 1. The van der Waals surface area contributed by atoms with Gasteiger partial charge in [-0.25, -0.2) is 8.78 Å². The van der Waals surface area contributed by atoms with E-state index in [0.717, 1.165) is 6.07 Å². The van der Waals surface area contributed by atoms with E-state index in [4.69, 9.17) is 47.0 Å². The SMILES string of the molecule is O=C(N[C@@H](NC(=S)Nc1ccc(F)cc1)C(Cl)(Cl)Cl)c1ccccc1F. The second kappa shape index (κ2) is 8.81. The number of amides is 1. The highest BCUT2D eigenvalue weighted by atomic mass is 35.6. The fourth-order valence-electron chi connectivity index (χ4n) is 1.89. The number of hydrogen-bond acceptors (Lipinski definition) is 2. The normalized spacial score (nSPS) is 12.2. The molecular formula is C16H12Cl3F2N3OS. The summed E-state index contributed by atoms with van der Waals surface area (Å²) >= 11 is 22.7. The van der Waals surface area contributed by atoms with Crippen LogP contribution in [0, 0.1) is 11.6 Å². The Balaban J connectivity index is 2.07. The van der Waals surface area contributed by atoms with Crippen LogP contribution < -0.4 is 16.0 Å². The van der Waals surface area contributed by atoms with Crippen LogP contribution in [-0.4, -0.2) is 21.0 Å². The standard InChI is InChI=1S/C16H12Cl3F2N3OS/c17-16(18,19)14(23-13(25)11-3-1-2-4-12(11)21)24-15(26)22-10-7-5-9(20)6-8-10/h1-8,14H,(H,23,25)(H2,22,24,26)/t14-/m0/s1. The molecule has 2 rings (SSSR count). The summed E-state index contributed by atoms with van der Waals surface area (Å²) in [6.45, 7) is 0. The van der Waals surface area contributed by atoms with Gasteiger partial charge in [-0.2, -0.15) is 0 Å². The molecule has 1 amide bonds. The lowest BCUT2D eigenvalue weighted by atomic mass is 10.2. The summed E-state index contributed by atoms with van der Waals surface area (Å²) in [5.41, 5.74) is 0.262. The smallest absolute Gasteiger partial charge is 0.255 e. The van der Waals surface area contributed by atoms with Crippen LogP contribution >= 0.6 is 47.0 Å². The largest absolute Gasteiger partial charge is 0.339 e. The predicted molar refractivity (Wildman–Crippen MR) is 104 cm³/mol. The zero-order chi connectivity index (χ0) is 19.3. The van der Waals surface area contributed by atoms with E-state index in [0.29, 0.717) is 5.69 Å². The zero-order valence-corrected chi connectivity index (χ0v) is 16.0. The average molecular weight is 439 g/mol. The molecule has 10 heteroatoms. The van der Waals surface area contributed by atoms with Gasteiger partial charge in [-0.05, 0) is 48.6 Å². The van der Waals surface area contributed by atoms with Crippen molar-refractivity contribution in [3.8, 4) is 0 Å². The topological polar surface area (TPSA) is 53.2 Å². The lowest BCUT2D eigenvalue weighted by Gasteiger charge is -2.27. The highest BCUT2D eigenvalue weighted by Gasteiger charge is 2.35. The third-order valence-corrected chi connectivity index (χ3v) is 3.97. The van der Waals surface area contributed by atoms with Gasteiger partial charge < -0.3 is 16.0 Å². The Morgan fingerprint density at radius 2 is 1.62 bits per heavy atom.